The zero-order valence-corrected chi connectivity index (χ0v) is 12.4. The zero-order chi connectivity index (χ0) is 14.1. The molecule has 3 rings (SSSR count). The number of hydrogen-bond donors (Lipinski definition) is 3. The van der Waals surface area contributed by atoms with Crippen LogP contribution in [-0.4, -0.2) is 27.2 Å². The van der Waals surface area contributed by atoms with Crippen molar-refractivity contribution < 1.29 is 0 Å². The van der Waals surface area contributed by atoms with Gasteiger partial charge in [0.2, 0.25) is 0 Å². The summed E-state index contributed by atoms with van der Waals surface area (Å²) in [5.74, 6) is 0.746. The number of halogens is 1. The minimum absolute atomic E-state index is 0.620. The quantitative estimate of drug-likeness (QED) is 0.757. The second-order valence-corrected chi connectivity index (χ2v) is 4.98. The molecule has 0 aliphatic carbocycles. The molecule has 0 saturated carbocycles. The van der Waals surface area contributed by atoms with Crippen molar-refractivity contribution in [2.45, 2.75) is 11.9 Å². The van der Waals surface area contributed by atoms with E-state index in [0.29, 0.717) is 10.0 Å². The van der Waals surface area contributed by atoms with Gasteiger partial charge in [-0.3, -0.25) is 5.01 Å². The number of para-hydroxylation sites is 1. The van der Waals surface area contributed by atoms with E-state index in [1.54, 1.807) is 10.9 Å². The van der Waals surface area contributed by atoms with E-state index < -0.39 is 0 Å². The maximum atomic E-state index is 6.20. The van der Waals surface area contributed by atoms with Crippen molar-refractivity contribution in [1.82, 2.24) is 25.9 Å². The van der Waals surface area contributed by atoms with Gasteiger partial charge < -0.3 is 0 Å². The third-order valence-corrected chi connectivity index (χ3v) is 3.73. The monoisotopic (exact) mass is 308 g/mol. The molecule has 0 unspecified atom stereocenters. The Morgan fingerprint density at radius 1 is 1.35 bits per heavy atom. The van der Waals surface area contributed by atoms with Crippen LogP contribution >= 0.6 is 24.2 Å². The molecular formula is C12H13ClN6S. The summed E-state index contributed by atoms with van der Waals surface area (Å²) in [5, 5.41) is 11.7. The summed E-state index contributed by atoms with van der Waals surface area (Å²) in [6, 6.07) is 7.50. The van der Waals surface area contributed by atoms with Gasteiger partial charge in [0.1, 0.15) is 5.03 Å². The lowest BCUT2D eigenvalue weighted by molar-refractivity contribution is 0.308. The van der Waals surface area contributed by atoms with Gasteiger partial charge in [-0.05, 0) is 19.1 Å². The van der Waals surface area contributed by atoms with Crippen LogP contribution in [0.2, 0.25) is 5.02 Å². The van der Waals surface area contributed by atoms with Gasteiger partial charge in [0.15, 0.2) is 5.84 Å². The minimum atomic E-state index is 0.620. The molecule has 0 bridgehead atoms. The normalized spacial score (nSPS) is 14.3. The molecule has 1 aromatic carbocycles. The van der Waals surface area contributed by atoms with Gasteiger partial charge in [-0.15, -0.1) is 23.3 Å². The average Bonchev–Trinajstić information content (AvgIpc) is 3.05. The molecule has 0 spiro atoms. The molecule has 6 nitrogen and oxygen atoms in total. The first kappa shape index (κ1) is 13.3. The Morgan fingerprint density at radius 3 is 2.90 bits per heavy atom. The van der Waals surface area contributed by atoms with Crippen LogP contribution in [0.4, 0.5) is 0 Å². The van der Waals surface area contributed by atoms with Gasteiger partial charge in [-0.2, -0.15) is 5.10 Å². The minimum Gasteiger partial charge on any atom is -0.271 e. The third kappa shape index (κ3) is 2.13. The summed E-state index contributed by atoms with van der Waals surface area (Å²) in [4.78, 5) is 0. The standard InChI is InChI=1S/C12H13ClN6S/c1-2-18-11(15-16-17-18)8-7-14-19(12(8)20)10-6-4-3-5-9(10)13/h3-7,16-17,20H,2H2,1H3. The van der Waals surface area contributed by atoms with Crippen molar-refractivity contribution in [3.8, 4) is 5.69 Å². The number of benzene rings is 1. The van der Waals surface area contributed by atoms with Crippen LogP contribution in [0.5, 0.6) is 0 Å². The molecule has 0 radical (unpaired) electrons. The molecule has 1 aromatic heterocycles. The summed E-state index contributed by atoms with van der Waals surface area (Å²) in [5.41, 5.74) is 7.26. The van der Waals surface area contributed by atoms with Crippen LogP contribution in [0.25, 0.3) is 5.69 Å². The van der Waals surface area contributed by atoms with Crippen molar-refractivity contribution in [2.75, 3.05) is 6.54 Å². The summed E-state index contributed by atoms with van der Waals surface area (Å²) in [7, 11) is 0. The molecule has 1 aliphatic heterocycles. The second kappa shape index (κ2) is 5.35. The van der Waals surface area contributed by atoms with Crippen LogP contribution in [0.15, 0.2) is 40.6 Å². The Labute approximate surface area is 126 Å². The van der Waals surface area contributed by atoms with Crippen LogP contribution < -0.4 is 11.1 Å². The fourth-order valence-electron chi connectivity index (χ4n) is 1.99. The molecule has 104 valence electrons. The van der Waals surface area contributed by atoms with E-state index in [-0.39, 0.29) is 0 Å². The predicted molar refractivity (Wildman–Crippen MR) is 81.0 cm³/mol. The largest absolute Gasteiger partial charge is 0.271 e. The van der Waals surface area contributed by atoms with Crippen molar-refractivity contribution in [2.24, 2.45) is 5.10 Å². The molecule has 0 fully saturated rings. The van der Waals surface area contributed by atoms with E-state index in [4.69, 9.17) is 11.6 Å². The number of amidine groups is 1. The van der Waals surface area contributed by atoms with E-state index in [2.05, 4.69) is 33.9 Å². The molecule has 2 aromatic rings. The molecule has 2 N–H and O–H groups in total. The highest BCUT2D eigenvalue weighted by atomic mass is 35.5. The topological polar surface area (TPSA) is 57.5 Å². The highest BCUT2D eigenvalue weighted by Gasteiger charge is 2.22. The Kier molecular flexibility index (Phi) is 3.56. The van der Waals surface area contributed by atoms with Crippen molar-refractivity contribution >= 4 is 30.1 Å². The van der Waals surface area contributed by atoms with Gasteiger partial charge >= 0.3 is 0 Å². The lowest BCUT2D eigenvalue weighted by atomic mass is 10.3. The highest BCUT2D eigenvalue weighted by Crippen LogP contribution is 2.25. The molecule has 1 aliphatic rings. The van der Waals surface area contributed by atoms with E-state index in [9.17, 15) is 0 Å². The van der Waals surface area contributed by atoms with Gasteiger partial charge in [0, 0.05) is 6.54 Å². The zero-order valence-electron chi connectivity index (χ0n) is 10.7. The predicted octanol–water partition coefficient (Wildman–Crippen LogP) is 1.82. The number of nitrogens with one attached hydrogen (secondary N) is 2. The van der Waals surface area contributed by atoms with Gasteiger partial charge in [-0.25, -0.2) is 10.2 Å². The fourth-order valence-corrected chi connectivity index (χ4v) is 2.52. The molecule has 0 amide bonds. The van der Waals surface area contributed by atoms with E-state index in [0.717, 1.165) is 23.6 Å². The molecule has 0 atom stereocenters. The number of hydrogen-bond acceptors (Lipinski definition) is 6. The molecule has 8 heteroatoms. The number of thiol groups is 1. The maximum Gasteiger partial charge on any atom is 0.177 e. The Hall–Kier alpha value is -1.70. The number of hydrazine groups is 2. The summed E-state index contributed by atoms with van der Waals surface area (Å²) in [6.45, 7) is 2.78. The fraction of sp³-hybridized carbons (Fsp3) is 0.167. The number of nitrogens with zero attached hydrogens (tertiary/aromatic N) is 4. The van der Waals surface area contributed by atoms with Crippen LogP contribution in [-0.2, 0) is 0 Å². The number of hydrazone groups is 1. The lowest BCUT2D eigenvalue weighted by Crippen LogP contribution is -2.40. The van der Waals surface area contributed by atoms with Crippen LogP contribution in [0.1, 0.15) is 12.5 Å². The lowest BCUT2D eigenvalue weighted by Gasteiger charge is -2.15. The molecule has 2 heterocycles. The molecule has 20 heavy (non-hydrogen) atoms. The van der Waals surface area contributed by atoms with Gasteiger partial charge in [0.05, 0.1) is 22.5 Å². The first-order chi connectivity index (χ1) is 9.72. The Morgan fingerprint density at radius 2 is 2.15 bits per heavy atom. The van der Waals surface area contributed by atoms with Gasteiger partial charge in [-0.1, -0.05) is 23.7 Å². The van der Waals surface area contributed by atoms with Crippen molar-refractivity contribution in [3.05, 3.63) is 41.0 Å². The summed E-state index contributed by atoms with van der Waals surface area (Å²) >= 11 is 10.7. The number of rotatable bonds is 3. The highest BCUT2D eigenvalue weighted by molar-refractivity contribution is 7.80. The van der Waals surface area contributed by atoms with Crippen LogP contribution in [0, 0.1) is 0 Å². The first-order valence-electron chi connectivity index (χ1n) is 6.10. The molecule has 0 saturated heterocycles. The smallest absolute Gasteiger partial charge is 0.177 e. The first-order valence-corrected chi connectivity index (χ1v) is 6.93. The average molecular weight is 309 g/mol. The second-order valence-electron chi connectivity index (χ2n) is 4.15. The van der Waals surface area contributed by atoms with Gasteiger partial charge in [0.25, 0.3) is 0 Å². The van der Waals surface area contributed by atoms with Crippen molar-refractivity contribution in [3.63, 3.8) is 0 Å². The van der Waals surface area contributed by atoms with Crippen LogP contribution in [0.3, 0.4) is 0 Å². The van der Waals surface area contributed by atoms with E-state index in [1.807, 2.05) is 36.2 Å². The van der Waals surface area contributed by atoms with E-state index >= 15 is 0 Å². The summed E-state index contributed by atoms with van der Waals surface area (Å²) in [6.07, 6.45) is 1.72. The molecular weight excluding hydrogens is 296 g/mol. The SMILES string of the molecule is CCN1NNN=C1c1cnn(-c2ccccc2Cl)c1S. The maximum absolute atomic E-state index is 6.20. The Balaban J connectivity index is 2.04. The van der Waals surface area contributed by atoms with Crippen molar-refractivity contribution in [1.29, 1.82) is 0 Å². The summed E-state index contributed by atoms with van der Waals surface area (Å²) < 4.78 is 1.69. The number of aromatic nitrogens is 2. The Bertz CT molecular complexity index is 668. The van der Waals surface area contributed by atoms with E-state index in [1.165, 1.54) is 0 Å². The third-order valence-electron chi connectivity index (χ3n) is 2.98.